The van der Waals surface area contributed by atoms with Crippen LogP contribution in [-0.2, 0) is 16.0 Å². The molecule has 2 aromatic carbocycles. The first kappa shape index (κ1) is 20.2. The minimum atomic E-state index is -0.810. The number of hydrogen-bond donors (Lipinski definition) is 1. The van der Waals surface area contributed by atoms with E-state index in [2.05, 4.69) is 11.2 Å². The van der Waals surface area contributed by atoms with Crippen molar-refractivity contribution in [3.63, 3.8) is 0 Å². The van der Waals surface area contributed by atoms with Crippen molar-refractivity contribution >= 4 is 17.6 Å². The zero-order valence-electron chi connectivity index (χ0n) is 16.7. The van der Waals surface area contributed by atoms with Gasteiger partial charge >= 0.3 is 5.97 Å². The number of nitriles is 1. The number of carboxylic acids is 1. The largest absolute Gasteiger partial charge is 0.490 e. The van der Waals surface area contributed by atoms with Crippen LogP contribution >= 0.6 is 0 Å². The molecule has 1 heterocycles. The lowest BCUT2D eigenvalue weighted by Gasteiger charge is -2.15. The highest BCUT2D eigenvalue weighted by Crippen LogP contribution is 2.27. The van der Waals surface area contributed by atoms with E-state index in [0.717, 1.165) is 16.8 Å². The molecule has 0 aromatic heterocycles. The average molecular weight is 393 g/mol. The first-order valence-corrected chi connectivity index (χ1v) is 9.39. The molecule has 29 heavy (non-hydrogen) atoms. The number of carbonyl (C=O) groups is 1. The van der Waals surface area contributed by atoms with Crippen LogP contribution in [0.25, 0.3) is 0 Å². The molecule has 2 aromatic rings. The first-order chi connectivity index (χ1) is 13.9. The summed E-state index contributed by atoms with van der Waals surface area (Å²) in [5.41, 5.74) is 3.98. The van der Waals surface area contributed by atoms with E-state index in [9.17, 15) is 10.1 Å². The number of anilines is 1. The maximum absolute atomic E-state index is 10.8. The highest BCUT2D eigenvalue weighted by molar-refractivity contribution is 5.96. The number of hydrazone groups is 1. The van der Waals surface area contributed by atoms with Gasteiger partial charge in [-0.2, -0.15) is 5.26 Å². The van der Waals surface area contributed by atoms with E-state index in [-0.39, 0.29) is 19.3 Å². The highest BCUT2D eigenvalue weighted by Gasteiger charge is 2.21. The summed E-state index contributed by atoms with van der Waals surface area (Å²) in [6, 6.07) is 13.2. The highest BCUT2D eigenvalue weighted by atomic mass is 16.5. The second kappa shape index (κ2) is 8.65. The minimum Gasteiger partial charge on any atom is -0.490 e. The van der Waals surface area contributed by atoms with Gasteiger partial charge in [0, 0.05) is 12.0 Å². The standard InChI is InChI=1S/C22H23N3O4/c1-14(2)29-20-8-6-17(11-18(20)12-23)22-24-25(13-28-22)19-7-4-16(10-15(19)3)5-9-21(26)27/h4,6-8,10-11,14H,5,9,13H2,1-3H3,(H,26,27). The van der Waals surface area contributed by atoms with E-state index in [0.29, 0.717) is 29.2 Å². The Balaban J connectivity index is 1.80. The van der Waals surface area contributed by atoms with Crippen LogP contribution in [0.3, 0.4) is 0 Å². The molecule has 7 nitrogen and oxygen atoms in total. The number of hydrogen-bond acceptors (Lipinski definition) is 6. The monoisotopic (exact) mass is 393 g/mol. The summed E-state index contributed by atoms with van der Waals surface area (Å²) in [5.74, 6) is 0.164. The maximum atomic E-state index is 10.8. The van der Waals surface area contributed by atoms with Gasteiger partial charge in [0.05, 0.1) is 17.4 Å². The van der Waals surface area contributed by atoms with Gasteiger partial charge in [-0.25, -0.2) is 5.01 Å². The summed E-state index contributed by atoms with van der Waals surface area (Å²) in [6.45, 7) is 6.04. The lowest BCUT2D eigenvalue weighted by atomic mass is 10.1. The molecule has 7 heteroatoms. The fraction of sp³-hybridized carbons (Fsp3) is 0.318. The van der Waals surface area contributed by atoms with E-state index in [4.69, 9.17) is 14.6 Å². The van der Waals surface area contributed by atoms with Gasteiger partial charge in [-0.15, -0.1) is 5.10 Å². The molecule has 0 saturated carbocycles. The predicted octanol–water partition coefficient (Wildman–Crippen LogP) is 3.83. The molecular weight excluding hydrogens is 370 g/mol. The van der Waals surface area contributed by atoms with E-state index >= 15 is 0 Å². The quantitative estimate of drug-likeness (QED) is 0.768. The van der Waals surface area contributed by atoms with E-state index in [1.54, 1.807) is 17.1 Å². The Morgan fingerprint density at radius 1 is 1.34 bits per heavy atom. The molecule has 150 valence electrons. The van der Waals surface area contributed by atoms with Crippen molar-refractivity contribution < 1.29 is 19.4 Å². The van der Waals surface area contributed by atoms with Crippen LogP contribution in [0.15, 0.2) is 41.5 Å². The molecule has 0 aliphatic carbocycles. The number of aliphatic carboxylic acids is 1. The number of nitrogens with zero attached hydrogens (tertiary/aromatic N) is 3. The SMILES string of the molecule is Cc1cc(CCC(=O)O)ccc1N1COC(c2ccc(OC(C)C)c(C#N)c2)=N1. The van der Waals surface area contributed by atoms with Crippen LogP contribution < -0.4 is 9.75 Å². The second-order valence-corrected chi connectivity index (χ2v) is 7.08. The van der Waals surface area contributed by atoms with Crippen molar-refractivity contribution in [2.24, 2.45) is 5.10 Å². The van der Waals surface area contributed by atoms with Crippen molar-refractivity contribution in [2.45, 2.75) is 39.7 Å². The predicted molar refractivity (Wildman–Crippen MR) is 109 cm³/mol. The fourth-order valence-corrected chi connectivity index (χ4v) is 3.08. The van der Waals surface area contributed by atoms with Gasteiger partial charge in [-0.05, 0) is 62.6 Å². The lowest BCUT2D eigenvalue weighted by Crippen LogP contribution is -2.14. The van der Waals surface area contributed by atoms with Gasteiger partial charge in [0.2, 0.25) is 5.90 Å². The number of rotatable bonds is 7. The Kier molecular flexibility index (Phi) is 6.03. The molecular formula is C22H23N3O4. The Morgan fingerprint density at radius 3 is 2.79 bits per heavy atom. The Labute approximate surface area is 169 Å². The summed E-state index contributed by atoms with van der Waals surface area (Å²) in [4.78, 5) is 10.8. The molecule has 1 N–H and O–H groups in total. The van der Waals surface area contributed by atoms with E-state index in [1.165, 1.54) is 0 Å². The van der Waals surface area contributed by atoms with Crippen molar-refractivity contribution in [1.29, 1.82) is 5.26 Å². The normalized spacial score (nSPS) is 13.1. The van der Waals surface area contributed by atoms with Crippen LogP contribution in [0, 0.1) is 18.3 Å². The van der Waals surface area contributed by atoms with Crippen LogP contribution in [0.5, 0.6) is 5.75 Å². The third kappa shape index (κ3) is 4.85. The number of carboxylic acid groups (broad SMARTS) is 1. The van der Waals surface area contributed by atoms with Gasteiger partial charge < -0.3 is 14.6 Å². The number of aryl methyl sites for hydroxylation is 2. The first-order valence-electron chi connectivity index (χ1n) is 9.39. The second-order valence-electron chi connectivity index (χ2n) is 7.08. The molecule has 0 radical (unpaired) electrons. The third-order valence-electron chi connectivity index (χ3n) is 4.41. The van der Waals surface area contributed by atoms with Crippen molar-refractivity contribution in [3.05, 3.63) is 58.7 Å². The molecule has 0 spiro atoms. The van der Waals surface area contributed by atoms with Crippen molar-refractivity contribution in [2.75, 3.05) is 11.7 Å². The molecule has 1 aliphatic heterocycles. The van der Waals surface area contributed by atoms with Gasteiger partial charge in [0.25, 0.3) is 0 Å². The smallest absolute Gasteiger partial charge is 0.303 e. The number of benzene rings is 2. The van der Waals surface area contributed by atoms with Gasteiger partial charge in [-0.1, -0.05) is 12.1 Å². The molecule has 3 rings (SSSR count). The molecule has 0 atom stereocenters. The molecule has 0 bridgehead atoms. The summed E-state index contributed by atoms with van der Waals surface area (Å²) >= 11 is 0. The average Bonchev–Trinajstić information content (AvgIpc) is 3.16. The van der Waals surface area contributed by atoms with Gasteiger partial charge in [0.1, 0.15) is 11.8 Å². The zero-order chi connectivity index (χ0) is 21.0. The van der Waals surface area contributed by atoms with Crippen LogP contribution in [0.4, 0.5) is 5.69 Å². The van der Waals surface area contributed by atoms with Crippen LogP contribution in [0.1, 0.15) is 42.5 Å². The lowest BCUT2D eigenvalue weighted by molar-refractivity contribution is -0.136. The molecule has 0 fully saturated rings. The Bertz CT molecular complexity index is 992. The van der Waals surface area contributed by atoms with Crippen molar-refractivity contribution in [3.8, 4) is 11.8 Å². The fourth-order valence-electron chi connectivity index (χ4n) is 3.08. The molecule has 0 saturated heterocycles. The topological polar surface area (TPSA) is 95.1 Å². The Hall–Kier alpha value is -3.53. The summed E-state index contributed by atoms with van der Waals surface area (Å²) in [7, 11) is 0. The molecule has 1 aliphatic rings. The van der Waals surface area contributed by atoms with Crippen molar-refractivity contribution in [1.82, 2.24) is 0 Å². The third-order valence-corrected chi connectivity index (χ3v) is 4.41. The summed E-state index contributed by atoms with van der Waals surface area (Å²) in [5, 5.41) is 24.5. The number of ether oxygens (including phenoxy) is 2. The summed E-state index contributed by atoms with van der Waals surface area (Å²) < 4.78 is 11.4. The molecule has 0 amide bonds. The van der Waals surface area contributed by atoms with Crippen LogP contribution in [0.2, 0.25) is 0 Å². The maximum Gasteiger partial charge on any atom is 0.303 e. The van der Waals surface area contributed by atoms with E-state index < -0.39 is 5.97 Å². The summed E-state index contributed by atoms with van der Waals surface area (Å²) in [6.07, 6.45) is 0.569. The van der Waals surface area contributed by atoms with E-state index in [1.807, 2.05) is 45.0 Å². The minimum absolute atomic E-state index is 0.0232. The Morgan fingerprint density at radius 2 is 2.14 bits per heavy atom. The van der Waals surface area contributed by atoms with Gasteiger partial charge in [-0.3, -0.25) is 4.79 Å². The van der Waals surface area contributed by atoms with Crippen LogP contribution in [-0.4, -0.2) is 29.8 Å². The zero-order valence-corrected chi connectivity index (χ0v) is 16.7. The van der Waals surface area contributed by atoms with Gasteiger partial charge in [0.15, 0.2) is 6.73 Å². The molecule has 0 unspecified atom stereocenters.